The van der Waals surface area contributed by atoms with Crippen LogP contribution in [0.1, 0.15) is 11.3 Å². The number of aromatic nitrogens is 2. The molecule has 0 aromatic carbocycles. The fourth-order valence-electron chi connectivity index (χ4n) is 1.90. The average molecular weight is 274 g/mol. The summed E-state index contributed by atoms with van der Waals surface area (Å²) >= 11 is 3.47. The highest BCUT2D eigenvalue weighted by Gasteiger charge is 2.11. The van der Waals surface area contributed by atoms with E-state index < -0.39 is 0 Å². The van der Waals surface area contributed by atoms with Gasteiger partial charge in [-0.25, -0.2) is 4.98 Å². The number of nitrogens with zero attached hydrogens (tertiary/aromatic N) is 2. The smallest absolute Gasteiger partial charge is 0.140 e. The molecular weight excluding hydrogens is 260 g/mol. The van der Waals surface area contributed by atoms with Gasteiger partial charge in [0, 0.05) is 18.1 Å². The van der Waals surface area contributed by atoms with Gasteiger partial charge < -0.3 is 4.57 Å². The number of hydrogen-bond acceptors (Lipinski definition) is 3. The minimum atomic E-state index is 1.09. The van der Waals surface area contributed by atoms with Crippen molar-refractivity contribution in [3.8, 4) is 21.3 Å². The van der Waals surface area contributed by atoms with Crippen LogP contribution in [0.15, 0.2) is 29.0 Å². The van der Waals surface area contributed by atoms with Gasteiger partial charge in [-0.15, -0.1) is 22.7 Å². The maximum absolute atomic E-state index is 4.75. The molecule has 3 rings (SSSR count). The zero-order valence-corrected chi connectivity index (χ0v) is 12.2. The lowest BCUT2D eigenvalue weighted by molar-refractivity contribution is 0.890. The predicted molar refractivity (Wildman–Crippen MR) is 79.3 cm³/mol. The number of thiophene rings is 1. The highest BCUT2D eigenvalue weighted by atomic mass is 32.1. The lowest BCUT2D eigenvalue weighted by Crippen LogP contribution is -1.92. The van der Waals surface area contributed by atoms with E-state index in [1.165, 1.54) is 21.8 Å². The molecule has 0 aliphatic carbocycles. The lowest BCUT2D eigenvalue weighted by atomic mass is 10.3. The Balaban J connectivity index is 2.01. The van der Waals surface area contributed by atoms with Crippen LogP contribution in [-0.4, -0.2) is 9.55 Å². The van der Waals surface area contributed by atoms with Gasteiger partial charge in [-0.3, -0.25) is 0 Å². The fraction of sp³-hybridized carbons (Fsp3) is 0.214. The van der Waals surface area contributed by atoms with Gasteiger partial charge in [-0.2, -0.15) is 0 Å². The van der Waals surface area contributed by atoms with E-state index in [2.05, 4.69) is 54.4 Å². The van der Waals surface area contributed by atoms with Crippen molar-refractivity contribution in [1.82, 2.24) is 9.55 Å². The molecular formula is C14H14N2S2. The minimum Gasteiger partial charge on any atom is -0.346 e. The summed E-state index contributed by atoms with van der Waals surface area (Å²) in [6.07, 6.45) is 0. The van der Waals surface area contributed by atoms with E-state index in [-0.39, 0.29) is 0 Å². The lowest BCUT2D eigenvalue weighted by Gasteiger charge is -2.00. The van der Waals surface area contributed by atoms with Crippen molar-refractivity contribution in [1.29, 1.82) is 0 Å². The second-order valence-electron chi connectivity index (χ2n) is 4.45. The third-order valence-corrected chi connectivity index (χ3v) is 5.01. The van der Waals surface area contributed by atoms with Crippen molar-refractivity contribution >= 4 is 22.7 Å². The molecule has 0 amide bonds. The summed E-state index contributed by atoms with van der Waals surface area (Å²) in [5, 5.41) is 5.40. The Morgan fingerprint density at radius 3 is 2.56 bits per heavy atom. The van der Waals surface area contributed by atoms with E-state index >= 15 is 0 Å². The molecule has 0 saturated heterocycles. The number of rotatable bonds is 2. The molecule has 92 valence electrons. The topological polar surface area (TPSA) is 17.8 Å². The largest absolute Gasteiger partial charge is 0.346 e. The summed E-state index contributed by atoms with van der Waals surface area (Å²) in [6, 6.07) is 6.46. The van der Waals surface area contributed by atoms with E-state index in [9.17, 15) is 0 Å². The van der Waals surface area contributed by atoms with Crippen LogP contribution in [0.4, 0.5) is 0 Å². The van der Waals surface area contributed by atoms with Crippen LogP contribution in [0.5, 0.6) is 0 Å². The Morgan fingerprint density at radius 1 is 1.11 bits per heavy atom. The second kappa shape index (κ2) is 4.37. The average Bonchev–Trinajstić information content (AvgIpc) is 3.02. The fourth-order valence-corrected chi connectivity index (χ4v) is 3.71. The standard InChI is InChI=1S/C14H14N2S2/c1-9-6-13(17-7-9)11-8-18-14(15-11)12-5-4-10(2)16(12)3/h4-8H,1-3H3. The first-order valence-corrected chi connectivity index (χ1v) is 7.55. The summed E-state index contributed by atoms with van der Waals surface area (Å²) in [5.74, 6) is 0. The Kier molecular flexibility index (Phi) is 2.84. The highest BCUT2D eigenvalue weighted by molar-refractivity contribution is 7.15. The predicted octanol–water partition coefficient (Wildman–Crippen LogP) is 4.49. The van der Waals surface area contributed by atoms with Crippen LogP contribution in [-0.2, 0) is 7.05 Å². The van der Waals surface area contributed by atoms with Gasteiger partial charge in [0.15, 0.2) is 0 Å². The molecule has 3 aromatic heterocycles. The Labute approximate surface area is 115 Å². The van der Waals surface area contributed by atoms with Crippen molar-refractivity contribution in [3.63, 3.8) is 0 Å². The van der Waals surface area contributed by atoms with Gasteiger partial charge in [0.25, 0.3) is 0 Å². The quantitative estimate of drug-likeness (QED) is 0.673. The first-order valence-electron chi connectivity index (χ1n) is 5.79. The Bertz CT molecular complexity index is 688. The Morgan fingerprint density at radius 2 is 1.94 bits per heavy atom. The van der Waals surface area contributed by atoms with Crippen LogP contribution in [0, 0.1) is 13.8 Å². The molecule has 3 aromatic rings. The molecule has 0 spiro atoms. The molecule has 0 fully saturated rings. The number of aryl methyl sites for hydroxylation is 2. The summed E-state index contributed by atoms with van der Waals surface area (Å²) < 4.78 is 2.18. The molecule has 0 aliphatic heterocycles. The second-order valence-corrected chi connectivity index (χ2v) is 6.21. The van der Waals surface area contributed by atoms with Gasteiger partial charge >= 0.3 is 0 Å². The van der Waals surface area contributed by atoms with E-state index in [0.29, 0.717) is 0 Å². The molecule has 0 radical (unpaired) electrons. The maximum atomic E-state index is 4.75. The molecule has 0 atom stereocenters. The summed E-state index contributed by atoms with van der Waals surface area (Å²) in [5.41, 5.74) is 4.84. The molecule has 0 aliphatic rings. The van der Waals surface area contributed by atoms with Crippen LogP contribution in [0.3, 0.4) is 0 Å². The van der Waals surface area contributed by atoms with Gasteiger partial charge in [-0.05, 0) is 43.0 Å². The minimum absolute atomic E-state index is 1.09. The highest BCUT2D eigenvalue weighted by Crippen LogP contribution is 2.32. The third-order valence-electron chi connectivity index (χ3n) is 3.08. The van der Waals surface area contributed by atoms with Gasteiger partial charge in [0.05, 0.1) is 16.3 Å². The molecule has 0 unspecified atom stereocenters. The van der Waals surface area contributed by atoms with Crippen LogP contribution in [0.25, 0.3) is 21.3 Å². The van der Waals surface area contributed by atoms with E-state index in [1.807, 2.05) is 0 Å². The summed E-state index contributed by atoms with van der Waals surface area (Å²) in [6.45, 7) is 4.23. The van der Waals surface area contributed by atoms with Crippen LogP contribution >= 0.6 is 22.7 Å². The van der Waals surface area contributed by atoms with Crippen LogP contribution in [0.2, 0.25) is 0 Å². The van der Waals surface area contributed by atoms with E-state index in [4.69, 9.17) is 4.98 Å². The van der Waals surface area contributed by atoms with Crippen molar-refractivity contribution in [2.45, 2.75) is 13.8 Å². The normalized spacial score (nSPS) is 11.1. The van der Waals surface area contributed by atoms with Gasteiger partial charge in [0.1, 0.15) is 5.01 Å². The van der Waals surface area contributed by atoms with E-state index in [1.54, 1.807) is 22.7 Å². The zero-order valence-electron chi connectivity index (χ0n) is 10.6. The van der Waals surface area contributed by atoms with Crippen molar-refractivity contribution < 1.29 is 0 Å². The summed E-state index contributed by atoms with van der Waals surface area (Å²) in [7, 11) is 2.08. The van der Waals surface area contributed by atoms with Gasteiger partial charge in [0.2, 0.25) is 0 Å². The first kappa shape index (κ1) is 11.7. The van der Waals surface area contributed by atoms with E-state index in [0.717, 1.165) is 10.7 Å². The molecule has 0 N–H and O–H groups in total. The molecule has 0 bridgehead atoms. The zero-order chi connectivity index (χ0) is 12.7. The number of thiazole rings is 1. The molecule has 0 saturated carbocycles. The molecule has 3 heterocycles. The maximum Gasteiger partial charge on any atom is 0.140 e. The van der Waals surface area contributed by atoms with Crippen molar-refractivity contribution in [2.75, 3.05) is 0 Å². The molecule has 4 heteroatoms. The molecule has 2 nitrogen and oxygen atoms in total. The molecule has 18 heavy (non-hydrogen) atoms. The van der Waals surface area contributed by atoms with Crippen molar-refractivity contribution in [2.24, 2.45) is 7.05 Å². The van der Waals surface area contributed by atoms with Crippen molar-refractivity contribution in [3.05, 3.63) is 40.2 Å². The van der Waals surface area contributed by atoms with Gasteiger partial charge in [-0.1, -0.05) is 0 Å². The third kappa shape index (κ3) is 1.91. The Hall–Kier alpha value is -1.39. The first-order chi connectivity index (χ1) is 8.65. The number of hydrogen-bond donors (Lipinski definition) is 0. The van der Waals surface area contributed by atoms with Crippen LogP contribution < -0.4 is 0 Å². The monoisotopic (exact) mass is 274 g/mol. The SMILES string of the molecule is Cc1csc(-c2csc(-c3ccc(C)n3C)n2)c1. The summed E-state index contributed by atoms with van der Waals surface area (Å²) in [4.78, 5) is 6.00.